The van der Waals surface area contributed by atoms with Crippen LogP contribution in [-0.2, 0) is 18.5 Å². The average Bonchev–Trinajstić information content (AvgIpc) is 2.77. The molecule has 0 unspecified atom stereocenters. The van der Waals surface area contributed by atoms with E-state index in [4.69, 9.17) is 4.74 Å². The van der Waals surface area contributed by atoms with Crippen molar-refractivity contribution >= 4 is 21.1 Å². The number of aryl methyl sites for hydroxylation is 2. The lowest BCUT2D eigenvalue weighted by molar-refractivity contribution is 0.0926. The zero-order chi connectivity index (χ0) is 16.5. The van der Waals surface area contributed by atoms with Crippen LogP contribution >= 0.6 is 10.0 Å². The minimum absolute atomic E-state index is 0.376. The van der Waals surface area contributed by atoms with Crippen molar-refractivity contribution in [1.29, 1.82) is 0 Å². The molecular formula is C16H25FN2O2S. The normalized spacial score (nSPS) is 13.0. The van der Waals surface area contributed by atoms with Gasteiger partial charge in [0.1, 0.15) is 6.73 Å². The Labute approximate surface area is 132 Å². The molecule has 6 heteroatoms. The van der Waals surface area contributed by atoms with Gasteiger partial charge in [0.15, 0.2) is 5.82 Å². The molecule has 0 aliphatic rings. The second kappa shape index (κ2) is 6.46. The van der Waals surface area contributed by atoms with Crippen molar-refractivity contribution in [3.05, 3.63) is 34.0 Å². The van der Waals surface area contributed by atoms with E-state index in [0.717, 1.165) is 16.8 Å². The zero-order valence-electron chi connectivity index (χ0n) is 14.0. The van der Waals surface area contributed by atoms with Gasteiger partial charge >= 0.3 is 0 Å². The monoisotopic (exact) mass is 328 g/mol. The van der Waals surface area contributed by atoms with Crippen LogP contribution in [-0.4, -0.2) is 39.8 Å². The summed E-state index contributed by atoms with van der Waals surface area (Å²) in [5.41, 5.74) is 1.80. The number of halogens is 1. The maximum absolute atomic E-state index is 13.7. The van der Waals surface area contributed by atoms with Crippen molar-refractivity contribution in [1.82, 2.24) is 9.13 Å². The first-order valence-electron chi connectivity index (χ1n) is 7.38. The summed E-state index contributed by atoms with van der Waals surface area (Å²) in [6, 6.07) is 1.30. The van der Waals surface area contributed by atoms with E-state index in [1.165, 1.54) is 16.4 Å². The number of nitrogens with zero attached hydrogens (tertiary/aromatic N) is 2. The molecule has 0 bridgehead atoms. The van der Waals surface area contributed by atoms with Crippen molar-refractivity contribution in [3.8, 4) is 0 Å². The molecule has 0 fully saturated rings. The Hall–Kier alpha value is -1.27. The Morgan fingerprint density at radius 3 is 2.68 bits per heavy atom. The summed E-state index contributed by atoms with van der Waals surface area (Å²) >= 11 is 0. The van der Waals surface area contributed by atoms with E-state index in [1.54, 1.807) is 7.05 Å². The maximum atomic E-state index is 13.7. The lowest BCUT2D eigenvalue weighted by atomic mass is 10.3. The van der Waals surface area contributed by atoms with Crippen LogP contribution in [0.2, 0.25) is 0 Å². The van der Waals surface area contributed by atoms with E-state index >= 15 is 0 Å². The minimum Gasteiger partial charge on any atom is -0.360 e. The Kier molecular flexibility index (Phi) is 5.02. The molecule has 4 nitrogen and oxygen atoms in total. The summed E-state index contributed by atoms with van der Waals surface area (Å²) in [4.78, 5) is 11.7. The zero-order valence-corrected chi connectivity index (χ0v) is 14.8. The molecule has 0 radical (unpaired) electrons. The quantitative estimate of drug-likeness (QED) is 0.765. The van der Waals surface area contributed by atoms with Gasteiger partial charge < -0.3 is 13.9 Å². The highest BCUT2D eigenvalue weighted by molar-refractivity contribution is 8.32. The maximum Gasteiger partial charge on any atom is 0.286 e. The number of aromatic nitrogens is 2. The van der Waals surface area contributed by atoms with Crippen LogP contribution in [0.3, 0.4) is 0 Å². The van der Waals surface area contributed by atoms with E-state index in [0.29, 0.717) is 18.9 Å². The minimum atomic E-state index is -0.731. The smallest absolute Gasteiger partial charge is 0.286 e. The van der Waals surface area contributed by atoms with Crippen LogP contribution < -0.4 is 5.56 Å². The van der Waals surface area contributed by atoms with Gasteiger partial charge in [0.2, 0.25) is 0 Å². The van der Waals surface area contributed by atoms with Crippen LogP contribution in [0.15, 0.2) is 17.1 Å². The molecule has 0 saturated heterocycles. The van der Waals surface area contributed by atoms with Crippen LogP contribution in [0.1, 0.15) is 12.5 Å². The number of pyridine rings is 1. The van der Waals surface area contributed by atoms with E-state index in [9.17, 15) is 9.18 Å². The van der Waals surface area contributed by atoms with Gasteiger partial charge in [-0.25, -0.2) is 14.4 Å². The molecule has 124 valence electrons. The molecule has 2 aromatic rings. The van der Waals surface area contributed by atoms with Gasteiger partial charge in [0, 0.05) is 25.1 Å². The predicted octanol–water partition coefficient (Wildman–Crippen LogP) is 2.85. The highest BCUT2D eigenvalue weighted by Crippen LogP contribution is 2.38. The number of hydrogen-bond donors (Lipinski definition) is 0. The molecule has 2 aromatic heterocycles. The second-order valence-corrected chi connectivity index (χ2v) is 10.7. The fraction of sp³-hybridized carbons (Fsp3) is 0.562. The highest BCUT2D eigenvalue weighted by Gasteiger charge is 2.13. The topological polar surface area (TPSA) is 36.2 Å². The standard InChI is InChI=1S/C16H25FN2O2S/c1-6-22(4,5)8-7-21-11-19-10-12(2)15-14(19)9-13(17)16(20)18(15)3/h9-10H,6-8,11H2,1-5H3. The Balaban J connectivity index is 2.18. The summed E-state index contributed by atoms with van der Waals surface area (Å²) in [7, 11) is 1.03. The van der Waals surface area contributed by atoms with Crippen molar-refractivity contribution < 1.29 is 9.13 Å². The van der Waals surface area contributed by atoms with Crippen LogP contribution in [0, 0.1) is 12.7 Å². The molecule has 0 aliphatic heterocycles. The molecule has 0 atom stereocenters. The number of ether oxygens (including phenoxy) is 1. The molecule has 0 aliphatic carbocycles. The largest absolute Gasteiger partial charge is 0.360 e. The molecule has 0 saturated carbocycles. The summed E-state index contributed by atoms with van der Waals surface area (Å²) in [6.45, 7) is 5.20. The van der Waals surface area contributed by atoms with Crippen molar-refractivity contribution in [2.75, 3.05) is 30.6 Å². The summed E-state index contributed by atoms with van der Waals surface area (Å²) in [6.07, 6.45) is 6.51. The molecule has 22 heavy (non-hydrogen) atoms. The Morgan fingerprint density at radius 2 is 2.05 bits per heavy atom. The van der Waals surface area contributed by atoms with Crippen LogP contribution in [0.25, 0.3) is 11.0 Å². The van der Waals surface area contributed by atoms with E-state index in [1.807, 2.05) is 17.7 Å². The van der Waals surface area contributed by atoms with Crippen molar-refractivity contribution in [2.45, 2.75) is 20.6 Å². The van der Waals surface area contributed by atoms with Crippen molar-refractivity contribution in [2.24, 2.45) is 7.05 Å². The van der Waals surface area contributed by atoms with Gasteiger partial charge in [0.05, 0.1) is 17.6 Å². The third-order valence-electron chi connectivity index (χ3n) is 4.17. The number of hydrogen-bond acceptors (Lipinski definition) is 2. The van der Waals surface area contributed by atoms with Gasteiger partial charge in [-0.15, -0.1) is 0 Å². The average molecular weight is 328 g/mol. The SMILES string of the molecule is CCS(C)(C)CCOCn1cc(C)c2c1cc(F)c(=O)n2C. The van der Waals surface area contributed by atoms with Crippen LogP contribution in [0.4, 0.5) is 4.39 Å². The number of rotatable bonds is 6. The van der Waals surface area contributed by atoms with Gasteiger partial charge in [-0.1, -0.05) is 6.92 Å². The summed E-state index contributed by atoms with van der Waals surface area (Å²) < 4.78 is 22.7. The van der Waals surface area contributed by atoms with E-state index < -0.39 is 21.4 Å². The Bertz CT molecular complexity index is 734. The molecular weight excluding hydrogens is 303 g/mol. The lowest BCUT2D eigenvalue weighted by Crippen LogP contribution is -2.20. The highest BCUT2D eigenvalue weighted by atomic mass is 32.3. The van der Waals surface area contributed by atoms with Gasteiger partial charge in [0.25, 0.3) is 5.56 Å². The molecule has 2 rings (SSSR count). The first kappa shape index (κ1) is 17.1. The molecule has 2 heterocycles. The predicted molar refractivity (Wildman–Crippen MR) is 92.7 cm³/mol. The first-order valence-corrected chi connectivity index (χ1v) is 10.2. The first-order chi connectivity index (χ1) is 10.3. The second-order valence-electron chi connectivity index (χ2n) is 6.17. The van der Waals surface area contributed by atoms with Gasteiger partial charge in [-0.05, 0) is 30.8 Å². The molecule has 0 aromatic carbocycles. The molecule has 0 N–H and O–H groups in total. The summed E-state index contributed by atoms with van der Waals surface area (Å²) in [5, 5.41) is 0. The van der Waals surface area contributed by atoms with Crippen LogP contribution in [0.5, 0.6) is 0 Å². The Morgan fingerprint density at radius 1 is 1.36 bits per heavy atom. The molecule has 0 spiro atoms. The lowest BCUT2D eigenvalue weighted by Gasteiger charge is -2.29. The van der Waals surface area contributed by atoms with E-state index in [-0.39, 0.29) is 0 Å². The fourth-order valence-corrected chi connectivity index (χ4v) is 3.29. The number of fused-ring (bicyclic) bond motifs is 1. The van der Waals surface area contributed by atoms with Gasteiger partial charge in [-0.2, -0.15) is 0 Å². The molecule has 0 amide bonds. The van der Waals surface area contributed by atoms with Gasteiger partial charge in [-0.3, -0.25) is 4.79 Å². The third kappa shape index (κ3) is 3.38. The van der Waals surface area contributed by atoms with Crippen molar-refractivity contribution in [3.63, 3.8) is 0 Å². The van der Waals surface area contributed by atoms with E-state index in [2.05, 4.69) is 19.4 Å². The summed E-state index contributed by atoms with van der Waals surface area (Å²) in [5.74, 6) is 1.52. The third-order valence-corrected chi connectivity index (χ3v) is 7.01. The fourth-order valence-electron chi connectivity index (χ4n) is 2.43.